The van der Waals surface area contributed by atoms with E-state index in [0.717, 1.165) is 36.2 Å². The van der Waals surface area contributed by atoms with E-state index in [1.54, 1.807) is 7.05 Å². The Kier molecular flexibility index (Phi) is 4.25. The number of piperidine rings is 1. The number of aryl methyl sites for hydroxylation is 1. The highest BCUT2D eigenvalue weighted by molar-refractivity contribution is 5.75. The van der Waals surface area contributed by atoms with Gasteiger partial charge in [0, 0.05) is 38.8 Å². The van der Waals surface area contributed by atoms with Crippen LogP contribution >= 0.6 is 0 Å². The van der Waals surface area contributed by atoms with Crippen molar-refractivity contribution in [1.82, 2.24) is 18.7 Å². The summed E-state index contributed by atoms with van der Waals surface area (Å²) in [5.41, 5.74) is 7.84. The lowest BCUT2D eigenvalue weighted by Crippen LogP contribution is -2.52. The fourth-order valence-electron chi connectivity index (χ4n) is 4.58. The highest BCUT2D eigenvalue weighted by Crippen LogP contribution is 2.39. The molecule has 4 heterocycles. The third-order valence-electron chi connectivity index (χ3n) is 6.11. The third-order valence-corrected chi connectivity index (χ3v) is 6.11. The first kappa shape index (κ1) is 18.0. The summed E-state index contributed by atoms with van der Waals surface area (Å²) in [5, 5.41) is 0. The zero-order chi connectivity index (χ0) is 19.5. The number of aromatic nitrogens is 4. The monoisotopic (exact) mass is 372 g/mol. The van der Waals surface area contributed by atoms with Crippen molar-refractivity contribution in [1.29, 1.82) is 0 Å². The Morgan fingerprint density at radius 2 is 1.85 bits per heavy atom. The molecule has 0 aromatic carbocycles. The number of nitrogens with zero attached hydrogens (tertiary/aromatic N) is 5. The summed E-state index contributed by atoms with van der Waals surface area (Å²) < 4.78 is 4.59. The zero-order valence-electron chi connectivity index (χ0n) is 16.5. The lowest BCUT2D eigenvalue weighted by atomic mass is 9.98. The number of allylic oxidation sites excluding steroid dienone is 2. The van der Waals surface area contributed by atoms with Crippen molar-refractivity contribution in [2.45, 2.75) is 64.2 Å². The normalized spacial score (nSPS) is 24.6. The summed E-state index contributed by atoms with van der Waals surface area (Å²) in [6.45, 7) is 4.62. The number of hydrogen-bond donors (Lipinski definition) is 1. The summed E-state index contributed by atoms with van der Waals surface area (Å²) in [6, 6.07) is 0.761. The maximum atomic E-state index is 12.9. The second kappa shape index (κ2) is 6.37. The minimum atomic E-state index is -0.357. The maximum absolute atomic E-state index is 12.9. The Morgan fingerprint density at radius 1 is 1.15 bits per heavy atom. The fraction of sp³-hybridized carbons (Fsp3) is 0.632. The second-order valence-electron chi connectivity index (χ2n) is 8.13. The fourth-order valence-corrected chi connectivity index (χ4v) is 4.58. The van der Waals surface area contributed by atoms with Crippen LogP contribution in [0.15, 0.2) is 21.2 Å². The van der Waals surface area contributed by atoms with Crippen molar-refractivity contribution < 1.29 is 0 Å². The van der Waals surface area contributed by atoms with Crippen molar-refractivity contribution >= 4 is 17.1 Å². The highest BCUT2D eigenvalue weighted by Gasteiger charge is 2.43. The van der Waals surface area contributed by atoms with Crippen LogP contribution in [0.5, 0.6) is 0 Å². The first-order valence-electron chi connectivity index (χ1n) is 9.64. The second-order valence-corrected chi connectivity index (χ2v) is 8.13. The van der Waals surface area contributed by atoms with Gasteiger partial charge in [0.25, 0.3) is 5.56 Å². The maximum Gasteiger partial charge on any atom is 0.332 e. The van der Waals surface area contributed by atoms with Gasteiger partial charge in [0.2, 0.25) is 5.95 Å². The van der Waals surface area contributed by atoms with E-state index in [4.69, 9.17) is 10.7 Å². The van der Waals surface area contributed by atoms with E-state index < -0.39 is 0 Å². The number of nitrogens with two attached hydrogens (primary N) is 1. The number of hydrogen-bond acceptors (Lipinski definition) is 5. The van der Waals surface area contributed by atoms with Gasteiger partial charge in [-0.05, 0) is 39.5 Å². The van der Waals surface area contributed by atoms with Crippen molar-refractivity contribution in [3.63, 3.8) is 0 Å². The average Bonchev–Trinajstić information content (AvgIpc) is 3.16. The molecule has 0 radical (unpaired) electrons. The summed E-state index contributed by atoms with van der Waals surface area (Å²) in [4.78, 5) is 32.4. The number of fused-ring (bicyclic) bond motifs is 3. The van der Waals surface area contributed by atoms with Gasteiger partial charge < -0.3 is 15.2 Å². The van der Waals surface area contributed by atoms with Gasteiger partial charge >= 0.3 is 5.69 Å². The van der Waals surface area contributed by atoms with Crippen LogP contribution in [0.4, 0.5) is 5.95 Å². The Bertz CT molecular complexity index is 1040. The molecule has 146 valence electrons. The topological polar surface area (TPSA) is 91.1 Å². The smallest absolute Gasteiger partial charge is 0.332 e. The highest BCUT2D eigenvalue weighted by atomic mass is 16.2. The molecule has 3 atom stereocenters. The van der Waals surface area contributed by atoms with Crippen LogP contribution in [0.25, 0.3) is 11.2 Å². The van der Waals surface area contributed by atoms with Gasteiger partial charge in [-0.15, -0.1) is 0 Å². The molecule has 2 aliphatic heterocycles. The van der Waals surface area contributed by atoms with E-state index in [2.05, 4.69) is 11.0 Å². The molecule has 8 heteroatoms. The van der Waals surface area contributed by atoms with E-state index in [9.17, 15) is 9.59 Å². The van der Waals surface area contributed by atoms with Crippen LogP contribution in [-0.4, -0.2) is 36.8 Å². The molecule has 2 aromatic rings. The predicted molar refractivity (Wildman–Crippen MR) is 106 cm³/mol. The first-order chi connectivity index (χ1) is 12.8. The molecule has 2 aromatic heterocycles. The molecule has 2 bridgehead atoms. The van der Waals surface area contributed by atoms with Crippen LogP contribution in [0.3, 0.4) is 0 Å². The molecule has 2 aliphatic rings. The summed E-state index contributed by atoms with van der Waals surface area (Å²) >= 11 is 0. The molecule has 3 unspecified atom stereocenters. The standard InChI is InChI=1S/C19H28N6O2/c1-11(2)9-10-24-15-16(22(3)19(27)23(4)17(15)26)21-18(24)25-12-5-7-13(20)14(25)8-6-12/h9,12-14H,5-8,10,20H2,1-4H3. The van der Waals surface area contributed by atoms with Crippen molar-refractivity contribution in [3.05, 3.63) is 32.5 Å². The molecule has 0 amide bonds. The summed E-state index contributed by atoms with van der Waals surface area (Å²) in [6.07, 6.45) is 6.30. The van der Waals surface area contributed by atoms with Crippen LogP contribution < -0.4 is 21.9 Å². The SMILES string of the molecule is CC(C)=CCn1c(N2C3CCC(N)C2CC3)nc2c1c(=O)n(C)c(=O)n2C. The van der Waals surface area contributed by atoms with Crippen molar-refractivity contribution in [3.8, 4) is 0 Å². The van der Waals surface area contributed by atoms with Crippen LogP contribution in [0.1, 0.15) is 39.5 Å². The Hall–Kier alpha value is -2.35. The van der Waals surface area contributed by atoms with E-state index >= 15 is 0 Å². The molecule has 27 heavy (non-hydrogen) atoms. The number of imidazole rings is 1. The molecular weight excluding hydrogens is 344 g/mol. The molecule has 0 saturated carbocycles. The molecule has 2 fully saturated rings. The quantitative estimate of drug-likeness (QED) is 0.807. The molecule has 0 spiro atoms. The van der Waals surface area contributed by atoms with Gasteiger partial charge in [-0.25, -0.2) is 4.79 Å². The van der Waals surface area contributed by atoms with Crippen LogP contribution in [0, 0.1) is 0 Å². The zero-order valence-corrected chi connectivity index (χ0v) is 16.5. The van der Waals surface area contributed by atoms with E-state index in [1.165, 1.54) is 17.2 Å². The lowest BCUT2D eigenvalue weighted by Gasteiger charge is -2.39. The number of rotatable bonds is 3. The molecule has 8 nitrogen and oxygen atoms in total. The Balaban J connectivity index is 2.00. The minimum Gasteiger partial charge on any atom is -0.335 e. The predicted octanol–water partition coefficient (Wildman–Crippen LogP) is 0.858. The average molecular weight is 372 g/mol. The van der Waals surface area contributed by atoms with Gasteiger partial charge in [0.1, 0.15) is 0 Å². The third kappa shape index (κ3) is 2.65. The molecule has 2 saturated heterocycles. The van der Waals surface area contributed by atoms with Gasteiger partial charge in [-0.3, -0.25) is 13.9 Å². The van der Waals surface area contributed by atoms with E-state index in [0.29, 0.717) is 23.8 Å². The van der Waals surface area contributed by atoms with Crippen LogP contribution in [-0.2, 0) is 20.6 Å². The summed E-state index contributed by atoms with van der Waals surface area (Å²) in [5.74, 6) is 0.767. The van der Waals surface area contributed by atoms with Crippen LogP contribution in [0.2, 0.25) is 0 Å². The summed E-state index contributed by atoms with van der Waals surface area (Å²) in [7, 11) is 3.19. The van der Waals surface area contributed by atoms with Gasteiger partial charge in [-0.2, -0.15) is 4.98 Å². The van der Waals surface area contributed by atoms with Gasteiger partial charge in [-0.1, -0.05) is 11.6 Å². The largest absolute Gasteiger partial charge is 0.335 e. The van der Waals surface area contributed by atoms with E-state index in [-0.39, 0.29) is 23.3 Å². The Labute approximate surface area is 157 Å². The molecule has 4 rings (SSSR count). The van der Waals surface area contributed by atoms with Gasteiger partial charge in [0.05, 0.1) is 0 Å². The van der Waals surface area contributed by atoms with Crippen molar-refractivity contribution in [2.75, 3.05) is 4.90 Å². The lowest BCUT2D eigenvalue weighted by molar-refractivity contribution is 0.403. The number of anilines is 1. The van der Waals surface area contributed by atoms with Crippen molar-refractivity contribution in [2.24, 2.45) is 19.8 Å². The molecule has 2 N–H and O–H groups in total. The van der Waals surface area contributed by atoms with E-state index in [1.807, 2.05) is 18.4 Å². The molecule has 0 aliphatic carbocycles. The first-order valence-corrected chi connectivity index (χ1v) is 9.64. The molecular formula is C19H28N6O2. The minimum absolute atomic E-state index is 0.118. The Morgan fingerprint density at radius 3 is 2.56 bits per heavy atom. The van der Waals surface area contributed by atoms with Gasteiger partial charge in [0.15, 0.2) is 11.2 Å².